The van der Waals surface area contributed by atoms with Gasteiger partial charge in [0.05, 0.1) is 13.0 Å². The third kappa shape index (κ3) is 3.31. The van der Waals surface area contributed by atoms with E-state index in [1.165, 1.54) is 0 Å². The molecule has 1 aromatic heterocycles. The Kier molecular flexibility index (Phi) is 4.50. The number of hydrogen-bond donors (Lipinski definition) is 1. The number of rotatable bonds is 5. The molecule has 0 fully saturated rings. The van der Waals surface area contributed by atoms with E-state index in [4.69, 9.17) is 9.47 Å². The molecule has 3 rings (SSSR count). The first-order valence-corrected chi connectivity index (χ1v) is 7.72. The van der Waals surface area contributed by atoms with Crippen LogP contribution in [0.4, 0.5) is 0 Å². The Balaban J connectivity index is 1.56. The number of methoxy groups -OCH3 is 1. The lowest BCUT2D eigenvalue weighted by molar-refractivity contribution is -0.126. The van der Waals surface area contributed by atoms with Crippen LogP contribution in [-0.4, -0.2) is 35.9 Å². The third-order valence-electron chi connectivity index (χ3n) is 4.15. The summed E-state index contributed by atoms with van der Waals surface area (Å²) in [6.07, 6.45) is 3.20. The minimum absolute atomic E-state index is 0.0284. The van der Waals surface area contributed by atoms with Gasteiger partial charge in [-0.1, -0.05) is 12.1 Å². The first-order valence-electron chi connectivity index (χ1n) is 7.72. The van der Waals surface area contributed by atoms with Gasteiger partial charge in [-0.3, -0.25) is 9.48 Å². The molecular weight excluding hydrogens is 294 g/mol. The van der Waals surface area contributed by atoms with Gasteiger partial charge in [-0.2, -0.15) is 5.10 Å². The number of carbonyl (C=O) groups excluding carboxylic acids is 1. The lowest BCUT2D eigenvalue weighted by atomic mass is 9.95. The molecule has 1 unspecified atom stereocenters. The number of para-hydroxylation sites is 1. The minimum atomic E-state index is -0.166. The number of aromatic nitrogens is 2. The summed E-state index contributed by atoms with van der Waals surface area (Å²) in [6, 6.07) is 7.72. The van der Waals surface area contributed by atoms with Crippen molar-refractivity contribution in [2.75, 3.05) is 20.3 Å². The van der Waals surface area contributed by atoms with Crippen LogP contribution < -0.4 is 14.8 Å². The van der Waals surface area contributed by atoms with Crippen LogP contribution >= 0.6 is 0 Å². The zero-order chi connectivity index (χ0) is 16.2. The molecule has 1 aromatic carbocycles. The standard InChI is InChI=1S/C17H21N3O3/c1-20-14(7-9-19-20)6-8-18-17(21)13-10-12-4-3-5-15(22-2)16(12)23-11-13/h3-5,7,9,13H,6,8,10-11H2,1-2H3,(H,18,21). The maximum atomic E-state index is 12.3. The third-order valence-corrected chi connectivity index (χ3v) is 4.15. The van der Waals surface area contributed by atoms with E-state index in [2.05, 4.69) is 10.4 Å². The Morgan fingerprint density at radius 2 is 2.35 bits per heavy atom. The highest BCUT2D eigenvalue weighted by Crippen LogP contribution is 2.35. The van der Waals surface area contributed by atoms with Crippen molar-refractivity contribution < 1.29 is 14.3 Å². The number of nitrogens with zero attached hydrogens (tertiary/aromatic N) is 2. The molecular formula is C17H21N3O3. The predicted molar refractivity (Wildman–Crippen MR) is 85.6 cm³/mol. The second-order valence-electron chi connectivity index (χ2n) is 5.65. The zero-order valence-corrected chi connectivity index (χ0v) is 13.4. The number of benzene rings is 1. The highest BCUT2D eigenvalue weighted by Gasteiger charge is 2.27. The lowest BCUT2D eigenvalue weighted by Crippen LogP contribution is -2.38. The summed E-state index contributed by atoms with van der Waals surface area (Å²) in [5, 5.41) is 7.10. The van der Waals surface area contributed by atoms with Crippen LogP contribution in [0, 0.1) is 5.92 Å². The van der Waals surface area contributed by atoms with E-state index in [9.17, 15) is 4.79 Å². The van der Waals surface area contributed by atoms with E-state index in [1.54, 1.807) is 13.3 Å². The van der Waals surface area contributed by atoms with Gasteiger partial charge in [0, 0.05) is 31.9 Å². The first-order chi connectivity index (χ1) is 11.2. The molecule has 1 N–H and O–H groups in total. The SMILES string of the molecule is COc1cccc2c1OCC(C(=O)NCCc1ccnn1C)C2. The van der Waals surface area contributed by atoms with Crippen LogP contribution in [0.1, 0.15) is 11.3 Å². The molecule has 6 heteroatoms. The average molecular weight is 315 g/mol. The second-order valence-corrected chi connectivity index (χ2v) is 5.65. The smallest absolute Gasteiger partial charge is 0.226 e. The van der Waals surface area contributed by atoms with Crippen molar-refractivity contribution in [1.82, 2.24) is 15.1 Å². The quantitative estimate of drug-likeness (QED) is 0.904. The molecule has 0 saturated heterocycles. The fraction of sp³-hybridized carbons (Fsp3) is 0.412. The number of ether oxygens (including phenoxy) is 2. The van der Waals surface area contributed by atoms with Crippen LogP contribution in [0.2, 0.25) is 0 Å². The van der Waals surface area contributed by atoms with Crippen LogP contribution in [0.3, 0.4) is 0 Å². The molecule has 0 aliphatic carbocycles. The second kappa shape index (κ2) is 6.73. The number of nitrogens with one attached hydrogen (secondary N) is 1. The molecule has 1 amide bonds. The van der Waals surface area contributed by atoms with Crippen LogP contribution in [0.15, 0.2) is 30.5 Å². The Labute approximate surface area is 135 Å². The molecule has 2 aromatic rings. The van der Waals surface area contributed by atoms with E-state index in [1.807, 2.05) is 36.0 Å². The summed E-state index contributed by atoms with van der Waals surface area (Å²) in [4.78, 5) is 12.3. The van der Waals surface area contributed by atoms with Crippen molar-refractivity contribution in [2.45, 2.75) is 12.8 Å². The lowest BCUT2D eigenvalue weighted by Gasteiger charge is -2.25. The van der Waals surface area contributed by atoms with Gasteiger partial charge in [0.25, 0.3) is 0 Å². The first kappa shape index (κ1) is 15.4. The molecule has 2 heterocycles. The van der Waals surface area contributed by atoms with Gasteiger partial charge in [0.1, 0.15) is 6.61 Å². The number of aryl methyl sites for hydroxylation is 1. The van der Waals surface area contributed by atoms with Gasteiger partial charge < -0.3 is 14.8 Å². The summed E-state index contributed by atoms with van der Waals surface area (Å²) in [5.41, 5.74) is 2.11. The highest BCUT2D eigenvalue weighted by molar-refractivity contribution is 5.79. The number of fused-ring (bicyclic) bond motifs is 1. The van der Waals surface area contributed by atoms with Gasteiger partial charge in [0.2, 0.25) is 5.91 Å². The number of carbonyl (C=O) groups is 1. The Hall–Kier alpha value is -2.50. The van der Waals surface area contributed by atoms with Gasteiger partial charge in [0.15, 0.2) is 11.5 Å². The number of hydrogen-bond acceptors (Lipinski definition) is 4. The van der Waals surface area contributed by atoms with E-state index < -0.39 is 0 Å². The normalized spacial score (nSPS) is 16.3. The minimum Gasteiger partial charge on any atom is -0.493 e. The van der Waals surface area contributed by atoms with Crippen LogP contribution in [0.25, 0.3) is 0 Å². The van der Waals surface area contributed by atoms with E-state index in [0.29, 0.717) is 19.6 Å². The van der Waals surface area contributed by atoms with Gasteiger partial charge >= 0.3 is 0 Å². The fourth-order valence-corrected chi connectivity index (χ4v) is 2.83. The van der Waals surface area contributed by atoms with Crippen molar-refractivity contribution in [1.29, 1.82) is 0 Å². The number of amides is 1. The van der Waals surface area contributed by atoms with Gasteiger partial charge in [-0.05, 0) is 24.1 Å². The summed E-state index contributed by atoms with van der Waals surface area (Å²) < 4.78 is 12.9. The van der Waals surface area contributed by atoms with Crippen LogP contribution in [-0.2, 0) is 24.7 Å². The molecule has 122 valence electrons. The molecule has 0 saturated carbocycles. The van der Waals surface area contributed by atoms with Crippen molar-refractivity contribution in [3.8, 4) is 11.5 Å². The fourth-order valence-electron chi connectivity index (χ4n) is 2.83. The molecule has 0 spiro atoms. The molecule has 1 aliphatic rings. The van der Waals surface area contributed by atoms with E-state index >= 15 is 0 Å². The summed E-state index contributed by atoms with van der Waals surface area (Å²) >= 11 is 0. The largest absolute Gasteiger partial charge is 0.493 e. The van der Waals surface area contributed by atoms with Crippen molar-refractivity contribution in [2.24, 2.45) is 13.0 Å². The topological polar surface area (TPSA) is 65.4 Å². The Bertz CT molecular complexity index is 696. The molecule has 0 bridgehead atoms. The van der Waals surface area contributed by atoms with E-state index in [0.717, 1.165) is 29.2 Å². The maximum absolute atomic E-state index is 12.3. The van der Waals surface area contributed by atoms with Crippen molar-refractivity contribution in [3.05, 3.63) is 41.7 Å². The highest BCUT2D eigenvalue weighted by atomic mass is 16.5. The Morgan fingerprint density at radius 3 is 3.09 bits per heavy atom. The molecule has 23 heavy (non-hydrogen) atoms. The Morgan fingerprint density at radius 1 is 1.48 bits per heavy atom. The maximum Gasteiger partial charge on any atom is 0.226 e. The molecule has 1 atom stereocenters. The molecule has 6 nitrogen and oxygen atoms in total. The van der Waals surface area contributed by atoms with Crippen molar-refractivity contribution >= 4 is 5.91 Å². The average Bonchev–Trinajstić information content (AvgIpc) is 2.98. The monoisotopic (exact) mass is 315 g/mol. The predicted octanol–water partition coefficient (Wildman–Crippen LogP) is 1.34. The molecule has 1 aliphatic heterocycles. The van der Waals surface area contributed by atoms with Gasteiger partial charge in [-0.25, -0.2) is 0 Å². The summed E-state index contributed by atoms with van der Waals surface area (Å²) in [6.45, 7) is 0.977. The van der Waals surface area contributed by atoms with Gasteiger partial charge in [-0.15, -0.1) is 0 Å². The van der Waals surface area contributed by atoms with E-state index in [-0.39, 0.29) is 11.8 Å². The zero-order valence-electron chi connectivity index (χ0n) is 13.4. The van der Waals surface area contributed by atoms with Crippen molar-refractivity contribution in [3.63, 3.8) is 0 Å². The van der Waals surface area contributed by atoms with Crippen LogP contribution in [0.5, 0.6) is 11.5 Å². The summed E-state index contributed by atoms with van der Waals surface area (Å²) in [5.74, 6) is 1.34. The summed E-state index contributed by atoms with van der Waals surface area (Å²) in [7, 11) is 3.52. The molecule has 0 radical (unpaired) electrons.